The van der Waals surface area contributed by atoms with Crippen LogP contribution in [0.2, 0.25) is 5.02 Å². The van der Waals surface area contributed by atoms with Crippen molar-refractivity contribution in [1.29, 1.82) is 0 Å². The van der Waals surface area contributed by atoms with Gasteiger partial charge in [-0.2, -0.15) is 0 Å². The molecule has 0 radical (unpaired) electrons. The average Bonchev–Trinajstić information content (AvgIpc) is 3.22. The number of hydrogen-bond acceptors (Lipinski definition) is 5. The lowest BCUT2D eigenvalue weighted by Crippen LogP contribution is -2.27. The Balaban J connectivity index is 1.30. The topological polar surface area (TPSA) is 58.6 Å². The normalized spacial score (nSPS) is 14.1. The van der Waals surface area contributed by atoms with Gasteiger partial charge in [0.1, 0.15) is 18.2 Å². The van der Waals surface area contributed by atoms with Gasteiger partial charge in [-0.05, 0) is 88.2 Å². The lowest BCUT2D eigenvalue weighted by molar-refractivity contribution is -0.113. The van der Waals surface area contributed by atoms with Crippen molar-refractivity contribution in [1.82, 2.24) is 0 Å². The van der Waals surface area contributed by atoms with Crippen LogP contribution in [0.15, 0.2) is 100 Å². The van der Waals surface area contributed by atoms with E-state index in [1.54, 1.807) is 30.3 Å². The summed E-state index contributed by atoms with van der Waals surface area (Å²) >= 11 is 16.4. The number of hydrogen-bond donors (Lipinski definition) is 1. The van der Waals surface area contributed by atoms with E-state index in [-0.39, 0.29) is 5.91 Å². The number of amides is 2. The summed E-state index contributed by atoms with van der Waals surface area (Å²) in [5.74, 6) is -0.440. The molecular weight excluding hydrogens is 635 g/mol. The lowest BCUT2D eigenvalue weighted by atomic mass is 10.1. The molecule has 5 nitrogen and oxygen atoms in total. The summed E-state index contributed by atoms with van der Waals surface area (Å²) in [6.07, 6.45) is 1.76. The molecule has 4 aromatic carbocycles. The maximum absolute atomic E-state index is 13.3. The Labute approximate surface area is 253 Å². The van der Waals surface area contributed by atoms with Crippen molar-refractivity contribution in [2.24, 2.45) is 0 Å². The summed E-state index contributed by atoms with van der Waals surface area (Å²) in [6, 6.07) is 25.1. The quantitative estimate of drug-likeness (QED) is 0.160. The SMILES string of the molecule is O=C(Nc1ccc(F)cc1)c1cccc(N2C(=O)/C(=C\c3ccc(OCc4ccccc4Cl)c(Br)c3)SC2=S)c1. The number of thiocarbonyl (C=S) groups is 1. The summed E-state index contributed by atoms with van der Waals surface area (Å²) in [5.41, 5.74) is 2.92. The molecule has 0 aliphatic carbocycles. The number of benzene rings is 4. The molecule has 2 amide bonds. The molecule has 1 saturated heterocycles. The Morgan fingerprint density at radius 2 is 1.82 bits per heavy atom. The highest BCUT2D eigenvalue weighted by molar-refractivity contribution is 9.10. The number of anilines is 2. The highest BCUT2D eigenvalue weighted by Gasteiger charge is 2.33. The Morgan fingerprint density at radius 3 is 2.58 bits per heavy atom. The smallest absolute Gasteiger partial charge is 0.270 e. The average molecular weight is 654 g/mol. The standard InChI is InChI=1S/C30H19BrClFN2O3S2/c31-24-14-18(8-13-26(24)38-17-20-4-1-2-7-25(20)32)15-27-29(37)35(30(39)40-27)23-6-3-5-19(16-23)28(36)34-22-11-9-21(33)10-12-22/h1-16H,17H2,(H,34,36)/b27-15+. The van der Waals surface area contributed by atoms with Crippen molar-refractivity contribution in [2.45, 2.75) is 6.61 Å². The lowest BCUT2D eigenvalue weighted by Gasteiger charge is -2.15. The van der Waals surface area contributed by atoms with Crippen LogP contribution in [0.25, 0.3) is 6.08 Å². The predicted molar refractivity (Wildman–Crippen MR) is 166 cm³/mol. The summed E-state index contributed by atoms with van der Waals surface area (Å²) in [6.45, 7) is 0.317. The number of carbonyl (C=O) groups is 2. The van der Waals surface area contributed by atoms with Crippen LogP contribution in [0.5, 0.6) is 5.75 Å². The van der Waals surface area contributed by atoms with Crippen LogP contribution in [-0.4, -0.2) is 16.1 Å². The molecule has 1 heterocycles. The van der Waals surface area contributed by atoms with Gasteiger partial charge in [-0.15, -0.1) is 0 Å². The van der Waals surface area contributed by atoms with E-state index in [9.17, 15) is 14.0 Å². The van der Waals surface area contributed by atoms with Crippen molar-refractivity contribution in [2.75, 3.05) is 10.2 Å². The van der Waals surface area contributed by atoms with Crippen LogP contribution in [0.4, 0.5) is 15.8 Å². The monoisotopic (exact) mass is 652 g/mol. The van der Waals surface area contributed by atoms with Crippen molar-refractivity contribution < 1.29 is 18.7 Å². The Morgan fingerprint density at radius 1 is 1.05 bits per heavy atom. The van der Waals surface area contributed by atoms with Gasteiger partial charge in [0.25, 0.3) is 11.8 Å². The highest BCUT2D eigenvalue weighted by atomic mass is 79.9. The van der Waals surface area contributed by atoms with Crippen molar-refractivity contribution in [3.63, 3.8) is 0 Å². The Hall–Kier alpha value is -3.50. The summed E-state index contributed by atoms with van der Waals surface area (Å²) in [7, 11) is 0. The molecule has 1 aliphatic heterocycles. The van der Waals surface area contributed by atoms with Crippen molar-refractivity contribution >= 4 is 85.1 Å². The van der Waals surface area contributed by atoms with E-state index in [1.807, 2.05) is 42.5 Å². The number of rotatable bonds is 7. The van der Waals surface area contributed by atoms with E-state index in [2.05, 4.69) is 21.2 Å². The third kappa shape index (κ3) is 6.45. The zero-order valence-electron chi connectivity index (χ0n) is 20.6. The van der Waals surface area contributed by atoms with E-state index in [0.29, 0.717) is 43.5 Å². The molecule has 0 bridgehead atoms. The number of carbonyl (C=O) groups excluding carboxylic acids is 2. The first kappa shape index (κ1) is 28.0. The van der Waals surface area contributed by atoms with E-state index in [0.717, 1.165) is 15.6 Å². The van der Waals surface area contributed by atoms with Crippen molar-refractivity contribution in [3.05, 3.63) is 128 Å². The maximum Gasteiger partial charge on any atom is 0.270 e. The van der Waals surface area contributed by atoms with E-state index in [4.69, 9.17) is 28.6 Å². The van der Waals surface area contributed by atoms with E-state index >= 15 is 0 Å². The molecule has 1 fully saturated rings. The van der Waals surface area contributed by atoms with Gasteiger partial charge in [-0.25, -0.2) is 4.39 Å². The first-order valence-electron chi connectivity index (χ1n) is 11.9. The van der Waals surface area contributed by atoms with Gasteiger partial charge in [0.2, 0.25) is 0 Å². The minimum absolute atomic E-state index is 0.290. The fourth-order valence-electron chi connectivity index (χ4n) is 3.86. The molecular formula is C30H19BrClFN2O3S2. The van der Waals surface area contributed by atoms with Gasteiger partial charge in [0.15, 0.2) is 4.32 Å². The van der Waals surface area contributed by atoms with Crippen LogP contribution >= 0.6 is 51.5 Å². The fourth-order valence-corrected chi connectivity index (χ4v) is 5.86. The van der Waals surface area contributed by atoms with Crippen LogP contribution in [0, 0.1) is 5.82 Å². The Bertz CT molecular complexity index is 1660. The van der Waals surface area contributed by atoms with Gasteiger partial charge >= 0.3 is 0 Å². The molecule has 0 unspecified atom stereocenters. The van der Waals surface area contributed by atoms with E-state index < -0.39 is 11.7 Å². The van der Waals surface area contributed by atoms with Crippen LogP contribution in [0.1, 0.15) is 21.5 Å². The van der Waals surface area contributed by atoms with Gasteiger partial charge < -0.3 is 10.1 Å². The number of ether oxygens (including phenoxy) is 1. The van der Waals surface area contributed by atoms with Crippen LogP contribution in [0.3, 0.4) is 0 Å². The molecule has 1 aliphatic rings. The molecule has 0 aromatic heterocycles. The number of nitrogens with zero attached hydrogens (tertiary/aromatic N) is 1. The summed E-state index contributed by atoms with van der Waals surface area (Å²) in [5, 5.41) is 3.35. The van der Waals surface area contributed by atoms with E-state index in [1.165, 1.54) is 40.9 Å². The molecule has 0 spiro atoms. The fraction of sp³-hybridized carbons (Fsp3) is 0.0333. The first-order chi connectivity index (χ1) is 19.3. The van der Waals surface area contributed by atoms with Crippen molar-refractivity contribution in [3.8, 4) is 5.75 Å². The summed E-state index contributed by atoms with van der Waals surface area (Å²) in [4.78, 5) is 27.9. The summed E-state index contributed by atoms with van der Waals surface area (Å²) < 4.78 is 20.2. The third-order valence-electron chi connectivity index (χ3n) is 5.86. The van der Waals surface area contributed by atoms with Gasteiger partial charge in [-0.1, -0.05) is 65.9 Å². The molecule has 0 saturated carbocycles. The second-order valence-corrected chi connectivity index (χ2v) is 11.5. The highest BCUT2D eigenvalue weighted by Crippen LogP contribution is 2.37. The molecule has 10 heteroatoms. The second kappa shape index (κ2) is 12.3. The zero-order chi connectivity index (χ0) is 28.2. The molecule has 4 aromatic rings. The Kier molecular flexibility index (Phi) is 8.66. The molecule has 1 N–H and O–H groups in total. The number of nitrogens with one attached hydrogen (secondary N) is 1. The minimum atomic E-state index is -0.396. The molecule has 0 atom stereocenters. The van der Waals surface area contributed by atoms with Crippen LogP contribution < -0.4 is 15.0 Å². The minimum Gasteiger partial charge on any atom is -0.488 e. The zero-order valence-corrected chi connectivity index (χ0v) is 24.5. The third-order valence-corrected chi connectivity index (χ3v) is 8.15. The largest absolute Gasteiger partial charge is 0.488 e. The number of thioether (sulfide) groups is 1. The second-order valence-electron chi connectivity index (χ2n) is 8.60. The predicted octanol–water partition coefficient (Wildman–Crippen LogP) is 8.48. The number of halogens is 3. The van der Waals surface area contributed by atoms with Crippen LogP contribution in [-0.2, 0) is 11.4 Å². The van der Waals surface area contributed by atoms with Gasteiger partial charge in [-0.3, -0.25) is 14.5 Å². The first-order valence-corrected chi connectivity index (χ1v) is 14.3. The molecule has 200 valence electrons. The molecule has 5 rings (SSSR count). The van der Waals surface area contributed by atoms with Gasteiger partial charge in [0.05, 0.1) is 15.1 Å². The molecule has 40 heavy (non-hydrogen) atoms. The van der Waals surface area contributed by atoms with Gasteiger partial charge in [0, 0.05) is 21.8 Å². The maximum atomic E-state index is 13.3.